The van der Waals surface area contributed by atoms with Crippen molar-refractivity contribution < 1.29 is 27.8 Å². The summed E-state index contributed by atoms with van der Waals surface area (Å²) in [7, 11) is 1.34. The molecule has 0 unspecified atom stereocenters. The van der Waals surface area contributed by atoms with E-state index in [1.807, 2.05) is 12.3 Å². The second-order valence-corrected chi connectivity index (χ2v) is 11.6. The van der Waals surface area contributed by atoms with E-state index in [4.69, 9.17) is 19.9 Å². The summed E-state index contributed by atoms with van der Waals surface area (Å²) in [5, 5.41) is 7.48. The molecule has 1 saturated heterocycles. The number of nitrogens with one attached hydrogen (secondary N) is 1. The molecule has 4 atom stereocenters. The maximum absolute atomic E-state index is 15.3. The van der Waals surface area contributed by atoms with Crippen LogP contribution in [0, 0.1) is 17.6 Å². The molecule has 0 bridgehead atoms. The van der Waals surface area contributed by atoms with Crippen molar-refractivity contribution in [2.75, 3.05) is 20.3 Å². The summed E-state index contributed by atoms with van der Waals surface area (Å²) < 4.78 is 48.2. The van der Waals surface area contributed by atoms with Crippen LogP contribution in [0.25, 0.3) is 16.8 Å². The monoisotopic (exact) mass is 606 g/mol. The first-order valence-corrected chi connectivity index (χ1v) is 14.9. The van der Waals surface area contributed by atoms with E-state index in [1.54, 1.807) is 29.0 Å². The standard InChI is InChI=1S/C32H36F2N6O4/c1-18-11-19(12-27(35)31(18)38-32(41)42-2)24-5-8-36-16-20(24)13-29-37-17-21-3-4-28(39-40(21)29)30-25(33)14-23(15-26(30)34)44-22-6-9-43-10-7-22/h3-5,8,14-19,22,27,31H,6-7,9-13,35H2,1-2H3,(H,38,41)/t18-,19+,27+,31-/m0/s1. The van der Waals surface area contributed by atoms with Crippen LogP contribution in [0.4, 0.5) is 13.6 Å². The third kappa shape index (κ3) is 6.22. The maximum atomic E-state index is 15.3. The van der Waals surface area contributed by atoms with Gasteiger partial charge in [0.05, 0.1) is 43.3 Å². The molecule has 0 spiro atoms. The Morgan fingerprint density at radius 1 is 1.14 bits per heavy atom. The van der Waals surface area contributed by atoms with Gasteiger partial charge >= 0.3 is 6.09 Å². The average molecular weight is 607 g/mol. The normalized spacial score (nSPS) is 22.6. The average Bonchev–Trinajstić information content (AvgIpc) is 3.41. The minimum absolute atomic E-state index is 0.124. The minimum atomic E-state index is -0.752. The van der Waals surface area contributed by atoms with Gasteiger partial charge in [0, 0.05) is 55.9 Å². The lowest BCUT2D eigenvalue weighted by Crippen LogP contribution is -2.54. The van der Waals surface area contributed by atoms with Crippen molar-refractivity contribution in [3.63, 3.8) is 0 Å². The van der Waals surface area contributed by atoms with E-state index in [2.05, 4.69) is 27.3 Å². The molecule has 12 heteroatoms. The van der Waals surface area contributed by atoms with Gasteiger partial charge in [0.2, 0.25) is 0 Å². The first-order valence-electron chi connectivity index (χ1n) is 14.9. The van der Waals surface area contributed by atoms with E-state index in [1.165, 1.54) is 19.2 Å². The van der Waals surface area contributed by atoms with Gasteiger partial charge in [-0.05, 0) is 54.0 Å². The van der Waals surface area contributed by atoms with Crippen LogP contribution in [0.15, 0.2) is 48.9 Å². The topological polar surface area (TPSA) is 126 Å². The van der Waals surface area contributed by atoms with Crippen molar-refractivity contribution in [1.29, 1.82) is 0 Å². The van der Waals surface area contributed by atoms with Gasteiger partial charge in [0.1, 0.15) is 29.3 Å². The van der Waals surface area contributed by atoms with Gasteiger partial charge in [0.25, 0.3) is 0 Å². The van der Waals surface area contributed by atoms with Crippen LogP contribution in [-0.2, 0) is 15.9 Å². The number of carbonyl (C=O) groups excluding carboxylic acids is 1. The smallest absolute Gasteiger partial charge is 0.407 e. The van der Waals surface area contributed by atoms with Crippen LogP contribution in [0.1, 0.15) is 55.5 Å². The van der Waals surface area contributed by atoms with Crippen LogP contribution < -0.4 is 15.8 Å². The molecule has 44 heavy (non-hydrogen) atoms. The van der Waals surface area contributed by atoms with Crippen LogP contribution in [0.2, 0.25) is 0 Å². The fourth-order valence-corrected chi connectivity index (χ4v) is 6.48. The Bertz CT molecular complexity index is 1610. The molecule has 4 aromatic rings. The molecule has 2 fully saturated rings. The number of carbonyl (C=O) groups is 1. The molecule has 1 aliphatic carbocycles. The fraction of sp³-hybridized carbons (Fsp3) is 0.438. The quantitative estimate of drug-likeness (QED) is 0.308. The number of halogens is 2. The van der Waals surface area contributed by atoms with Crippen LogP contribution in [0.3, 0.4) is 0 Å². The molecule has 0 radical (unpaired) electrons. The molecule has 6 rings (SSSR count). The maximum Gasteiger partial charge on any atom is 0.407 e. The SMILES string of the molecule is COC(=O)N[C@@H]1[C@H](N)C[C@H](c2ccncc2Cc2ncc3ccc(-c4c(F)cc(OC5CCOCC5)cc4F)nn23)C[C@@H]1C. The molecule has 3 N–H and O–H groups in total. The largest absolute Gasteiger partial charge is 0.490 e. The molecule has 1 saturated carbocycles. The Kier molecular flexibility index (Phi) is 8.72. The highest BCUT2D eigenvalue weighted by Crippen LogP contribution is 2.38. The highest BCUT2D eigenvalue weighted by atomic mass is 19.1. The van der Waals surface area contributed by atoms with E-state index >= 15 is 8.78 Å². The van der Waals surface area contributed by atoms with E-state index in [0.717, 1.165) is 17.5 Å². The number of nitrogens with two attached hydrogens (primary N) is 1. The summed E-state index contributed by atoms with van der Waals surface area (Å²) >= 11 is 0. The van der Waals surface area contributed by atoms with Gasteiger partial charge in [-0.2, -0.15) is 5.10 Å². The van der Waals surface area contributed by atoms with Crippen molar-refractivity contribution in [1.82, 2.24) is 24.9 Å². The van der Waals surface area contributed by atoms with E-state index < -0.39 is 17.7 Å². The summed E-state index contributed by atoms with van der Waals surface area (Å²) in [6, 6.07) is 7.29. The van der Waals surface area contributed by atoms with E-state index in [0.29, 0.717) is 50.2 Å². The third-order valence-corrected chi connectivity index (χ3v) is 8.68. The van der Waals surface area contributed by atoms with Gasteiger partial charge < -0.3 is 25.3 Å². The Labute approximate surface area is 253 Å². The number of imidazole rings is 1. The molecule has 4 heterocycles. The van der Waals surface area contributed by atoms with Crippen LogP contribution >= 0.6 is 0 Å². The number of aromatic nitrogens is 4. The Morgan fingerprint density at radius 3 is 2.64 bits per heavy atom. The molecule has 1 amide bonds. The number of alkyl carbamates (subject to hydrolysis) is 1. The van der Waals surface area contributed by atoms with Crippen LogP contribution in [0.5, 0.6) is 5.75 Å². The number of rotatable bonds is 7. The molecular weight excluding hydrogens is 570 g/mol. The summed E-state index contributed by atoms with van der Waals surface area (Å²) in [6.07, 6.45) is 7.86. The minimum Gasteiger partial charge on any atom is -0.490 e. The summed E-state index contributed by atoms with van der Waals surface area (Å²) in [4.78, 5) is 20.8. The molecule has 232 valence electrons. The van der Waals surface area contributed by atoms with Gasteiger partial charge in [0.15, 0.2) is 0 Å². The number of benzene rings is 1. The summed E-state index contributed by atoms with van der Waals surface area (Å²) in [5.41, 5.74) is 9.20. The summed E-state index contributed by atoms with van der Waals surface area (Å²) in [6.45, 7) is 3.20. The zero-order valence-corrected chi connectivity index (χ0v) is 24.7. The number of amides is 1. The second-order valence-electron chi connectivity index (χ2n) is 11.6. The molecule has 1 aliphatic heterocycles. The third-order valence-electron chi connectivity index (χ3n) is 8.68. The lowest BCUT2D eigenvalue weighted by atomic mass is 9.72. The van der Waals surface area contributed by atoms with Gasteiger partial charge in [-0.1, -0.05) is 6.92 Å². The first-order chi connectivity index (χ1) is 21.3. The van der Waals surface area contributed by atoms with Gasteiger partial charge in [-0.3, -0.25) is 4.98 Å². The predicted molar refractivity (Wildman–Crippen MR) is 158 cm³/mol. The number of nitrogens with zero attached hydrogens (tertiary/aromatic N) is 4. The van der Waals surface area contributed by atoms with Gasteiger partial charge in [-0.15, -0.1) is 0 Å². The summed E-state index contributed by atoms with van der Waals surface area (Å²) in [5.74, 6) is -0.481. The second kappa shape index (κ2) is 12.8. The van der Waals surface area contributed by atoms with E-state index in [-0.39, 0.29) is 47.0 Å². The zero-order chi connectivity index (χ0) is 30.8. The predicted octanol–water partition coefficient (Wildman–Crippen LogP) is 4.78. The molecule has 2 aliphatic rings. The zero-order valence-electron chi connectivity index (χ0n) is 24.7. The molecule has 1 aromatic carbocycles. The fourth-order valence-electron chi connectivity index (χ4n) is 6.48. The number of hydrogen-bond acceptors (Lipinski definition) is 8. The highest BCUT2D eigenvalue weighted by Gasteiger charge is 2.36. The number of pyridine rings is 1. The van der Waals surface area contributed by atoms with Gasteiger partial charge in [-0.25, -0.2) is 23.1 Å². The van der Waals surface area contributed by atoms with Crippen molar-refractivity contribution in [3.8, 4) is 17.0 Å². The molecule has 10 nitrogen and oxygen atoms in total. The lowest BCUT2D eigenvalue weighted by molar-refractivity contribution is 0.0253. The Morgan fingerprint density at radius 2 is 1.91 bits per heavy atom. The number of fused-ring (bicyclic) bond motifs is 1. The molecule has 3 aromatic heterocycles. The Hall–Kier alpha value is -4.16. The van der Waals surface area contributed by atoms with Crippen molar-refractivity contribution in [2.24, 2.45) is 11.7 Å². The highest BCUT2D eigenvalue weighted by molar-refractivity contribution is 5.67. The van der Waals surface area contributed by atoms with Crippen molar-refractivity contribution in [2.45, 2.75) is 63.1 Å². The van der Waals surface area contributed by atoms with Crippen molar-refractivity contribution >= 4 is 11.6 Å². The Balaban J connectivity index is 1.24. The first kappa shape index (κ1) is 29.9. The molecular formula is C32H36F2N6O4. The number of methoxy groups -OCH3 is 1. The van der Waals surface area contributed by atoms with Crippen LogP contribution in [-0.4, -0.2) is 64.2 Å². The van der Waals surface area contributed by atoms with Crippen molar-refractivity contribution in [3.05, 3.63) is 77.5 Å². The van der Waals surface area contributed by atoms with E-state index in [9.17, 15) is 4.79 Å². The lowest BCUT2D eigenvalue weighted by Gasteiger charge is -2.39. The number of ether oxygens (including phenoxy) is 3. The number of hydrogen-bond donors (Lipinski definition) is 2.